The smallest absolute Gasteiger partial charge is 0.262 e. The summed E-state index contributed by atoms with van der Waals surface area (Å²) in [5.74, 6) is 0.494. The summed E-state index contributed by atoms with van der Waals surface area (Å²) in [7, 11) is -0.751. The van der Waals surface area contributed by atoms with Crippen molar-refractivity contribution in [3.63, 3.8) is 0 Å². The lowest BCUT2D eigenvalue weighted by Gasteiger charge is -2.28. The molecule has 2 aromatic carbocycles. The number of sulfone groups is 1. The molecule has 134 valence electrons. The average Bonchev–Trinajstić information content (AvgIpc) is 2.97. The maximum absolute atomic E-state index is 11.6. The Morgan fingerprint density at radius 2 is 1.69 bits per heavy atom. The van der Waals surface area contributed by atoms with Crippen LogP contribution in [0.4, 0.5) is 5.69 Å². The summed E-state index contributed by atoms with van der Waals surface area (Å²) in [6.07, 6.45) is 4.27. The molecule has 1 fully saturated rings. The number of fused-ring (bicyclic) bond motifs is 1. The van der Waals surface area contributed by atoms with E-state index in [0.29, 0.717) is 13.1 Å². The lowest BCUT2D eigenvalue weighted by atomic mass is 10.2. The van der Waals surface area contributed by atoms with Crippen molar-refractivity contribution < 1.29 is 13.0 Å². The topological polar surface area (TPSA) is 41.3 Å². The van der Waals surface area contributed by atoms with Crippen LogP contribution >= 0.6 is 11.3 Å². The zero-order valence-corrected chi connectivity index (χ0v) is 16.3. The monoisotopic (exact) mass is 385 g/mol. The summed E-state index contributed by atoms with van der Waals surface area (Å²) < 4.78 is 26.6. The number of hydrogen-bond acceptors (Lipinski definition) is 4. The molecule has 2 heterocycles. The van der Waals surface area contributed by atoms with Crippen molar-refractivity contribution in [2.45, 2.75) is 0 Å². The first kappa shape index (κ1) is 17.2. The van der Waals surface area contributed by atoms with E-state index in [1.165, 1.54) is 15.2 Å². The Labute approximate surface area is 157 Å². The molecule has 0 N–H and O–H groups in total. The fourth-order valence-corrected chi connectivity index (χ4v) is 5.45. The molecule has 4 nitrogen and oxygen atoms in total. The van der Waals surface area contributed by atoms with Gasteiger partial charge in [0.1, 0.15) is 11.7 Å². The predicted molar refractivity (Wildman–Crippen MR) is 109 cm³/mol. The average molecular weight is 386 g/mol. The highest BCUT2D eigenvalue weighted by Gasteiger charge is 2.21. The third-order valence-electron chi connectivity index (χ3n) is 4.79. The van der Waals surface area contributed by atoms with Gasteiger partial charge in [-0.15, -0.1) is 0 Å². The minimum absolute atomic E-state index is 0.247. The Bertz CT molecular complexity index is 1050. The zero-order chi connectivity index (χ0) is 18.1. The molecule has 4 rings (SSSR count). The summed E-state index contributed by atoms with van der Waals surface area (Å²) in [6.45, 7) is 1.16. The third kappa shape index (κ3) is 3.52. The number of anilines is 1. The highest BCUT2D eigenvalue weighted by atomic mass is 32.2. The third-order valence-corrected chi connectivity index (χ3v) is 7.59. The van der Waals surface area contributed by atoms with Crippen LogP contribution in [-0.4, -0.2) is 33.0 Å². The van der Waals surface area contributed by atoms with Crippen molar-refractivity contribution in [1.29, 1.82) is 0 Å². The van der Waals surface area contributed by atoms with Gasteiger partial charge in [0, 0.05) is 30.9 Å². The van der Waals surface area contributed by atoms with Crippen LogP contribution in [-0.2, 0) is 16.9 Å². The highest BCUT2D eigenvalue weighted by Crippen LogP contribution is 2.22. The quantitative estimate of drug-likeness (QED) is 0.651. The Morgan fingerprint density at radius 1 is 1.00 bits per heavy atom. The number of aryl methyl sites for hydroxylation is 1. The maximum Gasteiger partial charge on any atom is 0.262 e. The van der Waals surface area contributed by atoms with E-state index in [9.17, 15) is 8.42 Å². The number of thiazole rings is 1. The Balaban J connectivity index is 1.50. The summed E-state index contributed by atoms with van der Waals surface area (Å²) >= 11 is 1.78. The van der Waals surface area contributed by atoms with Crippen LogP contribution < -0.4 is 9.47 Å². The van der Waals surface area contributed by atoms with Crippen LogP contribution in [0.3, 0.4) is 0 Å². The first-order valence-corrected chi connectivity index (χ1v) is 11.3. The molecule has 0 aliphatic carbocycles. The molecular formula is C20H21N2O2S2+. The summed E-state index contributed by atoms with van der Waals surface area (Å²) in [5.41, 5.74) is 3.47. The van der Waals surface area contributed by atoms with Crippen molar-refractivity contribution in [3.05, 3.63) is 59.1 Å². The first-order valence-electron chi connectivity index (χ1n) is 8.63. The van der Waals surface area contributed by atoms with Gasteiger partial charge in [0.25, 0.3) is 5.01 Å². The molecule has 6 heteroatoms. The van der Waals surface area contributed by atoms with Gasteiger partial charge in [-0.1, -0.05) is 35.6 Å². The molecule has 1 aliphatic heterocycles. The molecule has 0 unspecified atom stereocenters. The van der Waals surface area contributed by atoms with Crippen LogP contribution in [0.1, 0.15) is 10.6 Å². The first-order chi connectivity index (χ1) is 12.5. The van der Waals surface area contributed by atoms with Gasteiger partial charge in [0.15, 0.2) is 9.84 Å². The summed E-state index contributed by atoms with van der Waals surface area (Å²) in [6, 6.07) is 16.7. The normalized spacial score (nSPS) is 17.2. The Kier molecular flexibility index (Phi) is 4.54. The van der Waals surface area contributed by atoms with Crippen LogP contribution in [0.15, 0.2) is 48.5 Å². The number of benzene rings is 2. The number of hydrogen-bond donors (Lipinski definition) is 0. The van der Waals surface area contributed by atoms with E-state index < -0.39 is 9.84 Å². The van der Waals surface area contributed by atoms with Gasteiger partial charge >= 0.3 is 0 Å². The number of aromatic nitrogens is 1. The van der Waals surface area contributed by atoms with E-state index in [2.05, 4.69) is 77.2 Å². The van der Waals surface area contributed by atoms with Crippen molar-refractivity contribution in [2.75, 3.05) is 29.5 Å². The Hall–Kier alpha value is -2.18. The van der Waals surface area contributed by atoms with Gasteiger partial charge in [0.2, 0.25) is 5.52 Å². The molecule has 0 saturated carbocycles. The highest BCUT2D eigenvalue weighted by molar-refractivity contribution is 7.91. The molecule has 1 aliphatic rings. The van der Waals surface area contributed by atoms with Crippen LogP contribution in [0.25, 0.3) is 22.4 Å². The van der Waals surface area contributed by atoms with Crippen molar-refractivity contribution in [3.8, 4) is 0 Å². The summed E-state index contributed by atoms with van der Waals surface area (Å²) in [5, 5.41) is 1.21. The minimum Gasteiger partial charge on any atom is -0.369 e. The van der Waals surface area contributed by atoms with Crippen molar-refractivity contribution >= 4 is 49.2 Å². The van der Waals surface area contributed by atoms with Gasteiger partial charge in [-0.25, -0.2) is 8.42 Å². The van der Waals surface area contributed by atoms with Crippen LogP contribution in [0.2, 0.25) is 0 Å². The SMILES string of the molecule is C[n+]1c(/C=C/c2ccc(N3CCS(=O)(=O)CC3)cc2)sc2ccccc21. The molecule has 0 bridgehead atoms. The largest absolute Gasteiger partial charge is 0.369 e. The minimum atomic E-state index is -2.84. The van der Waals surface area contributed by atoms with Gasteiger partial charge in [0.05, 0.1) is 11.5 Å². The second-order valence-electron chi connectivity index (χ2n) is 6.53. The second-order valence-corrected chi connectivity index (χ2v) is 9.90. The number of rotatable bonds is 3. The molecule has 3 aromatic rings. The standard InChI is InChI=1S/C20H21N2O2S2/c1-21-18-4-2-3-5-19(18)25-20(21)11-8-16-6-9-17(10-7-16)22-12-14-26(23,24)15-13-22/h2-11H,12-15H2,1H3/q+1. The van der Waals surface area contributed by atoms with Crippen molar-refractivity contribution in [1.82, 2.24) is 0 Å². The maximum atomic E-state index is 11.6. The lowest BCUT2D eigenvalue weighted by molar-refractivity contribution is -0.642. The zero-order valence-electron chi connectivity index (χ0n) is 14.6. The fraction of sp³-hybridized carbons (Fsp3) is 0.250. The van der Waals surface area contributed by atoms with E-state index in [1.807, 2.05) is 0 Å². The second kappa shape index (κ2) is 6.85. The molecule has 0 spiro atoms. The van der Waals surface area contributed by atoms with Crippen molar-refractivity contribution in [2.24, 2.45) is 7.05 Å². The van der Waals surface area contributed by atoms with E-state index >= 15 is 0 Å². The molecule has 0 amide bonds. The van der Waals surface area contributed by atoms with Gasteiger partial charge in [-0.2, -0.15) is 4.57 Å². The van der Waals surface area contributed by atoms with Gasteiger partial charge in [-0.05, 0) is 29.8 Å². The lowest BCUT2D eigenvalue weighted by Crippen LogP contribution is -2.40. The van der Waals surface area contributed by atoms with Gasteiger partial charge in [-0.3, -0.25) is 0 Å². The van der Waals surface area contributed by atoms with E-state index in [4.69, 9.17) is 0 Å². The molecule has 1 aromatic heterocycles. The summed E-state index contributed by atoms with van der Waals surface area (Å²) in [4.78, 5) is 2.14. The van der Waals surface area contributed by atoms with Gasteiger partial charge < -0.3 is 4.90 Å². The number of para-hydroxylation sites is 1. The van der Waals surface area contributed by atoms with Crippen LogP contribution in [0.5, 0.6) is 0 Å². The molecule has 0 radical (unpaired) electrons. The molecular weight excluding hydrogens is 364 g/mol. The van der Waals surface area contributed by atoms with E-state index in [0.717, 1.165) is 11.3 Å². The van der Waals surface area contributed by atoms with E-state index in [1.54, 1.807) is 11.3 Å². The molecule has 0 atom stereocenters. The van der Waals surface area contributed by atoms with E-state index in [-0.39, 0.29) is 11.5 Å². The predicted octanol–water partition coefficient (Wildman–Crippen LogP) is 3.13. The van der Waals surface area contributed by atoms with Crippen LogP contribution in [0, 0.1) is 0 Å². The fourth-order valence-electron chi connectivity index (χ4n) is 3.20. The molecule has 26 heavy (non-hydrogen) atoms. The molecule has 1 saturated heterocycles. The number of nitrogens with zero attached hydrogens (tertiary/aromatic N) is 2. The Morgan fingerprint density at radius 3 is 2.38 bits per heavy atom.